The van der Waals surface area contributed by atoms with Gasteiger partial charge in [0.25, 0.3) is 5.91 Å². The van der Waals surface area contributed by atoms with Crippen LogP contribution in [0.15, 0.2) is 41.0 Å². The Labute approximate surface area is 181 Å². The Morgan fingerprint density at radius 2 is 2.09 bits per heavy atom. The summed E-state index contributed by atoms with van der Waals surface area (Å²) in [6, 6.07) is 6.39. The fourth-order valence-corrected chi connectivity index (χ4v) is 3.91. The van der Waals surface area contributed by atoms with Gasteiger partial charge in [-0.05, 0) is 36.8 Å². The van der Waals surface area contributed by atoms with E-state index in [1.807, 2.05) is 0 Å². The molecule has 4 rings (SSSR count). The van der Waals surface area contributed by atoms with Crippen LogP contribution in [-0.2, 0) is 11.8 Å². The summed E-state index contributed by atoms with van der Waals surface area (Å²) in [6.45, 7) is -1.25. The largest absolute Gasteiger partial charge is 0.493 e. The van der Waals surface area contributed by atoms with Gasteiger partial charge >= 0.3 is 6.61 Å². The second-order valence-electron chi connectivity index (χ2n) is 7.16. The molecule has 2 amide bonds. The minimum absolute atomic E-state index is 0.0449. The van der Waals surface area contributed by atoms with Crippen LogP contribution in [0, 0.1) is 6.92 Å². The summed E-state index contributed by atoms with van der Waals surface area (Å²) < 4.78 is 41.9. The Hall–Kier alpha value is -3.89. The first kappa shape index (κ1) is 21.3. The minimum Gasteiger partial charge on any atom is -0.493 e. The molecule has 11 heteroatoms. The second-order valence-corrected chi connectivity index (χ2v) is 7.16. The fourth-order valence-electron chi connectivity index (χ4n) is 3.91. The van der Waals surface area contributed by atoms with Crippen molar-refractivity contribution in [3.8, 4) is 11.5 Å². The van der Waals surface area contributed by atoms with E-state index in [2.05, 4.69) is 20.5 Å². The van der Waals surface area contributed by atoms with Gasteiger partial charge in [-0.25, -0.2) is 0 Å². The van der Waals surface area contributed by atoms with Gasteiger partial charge in [0, 0.05) is 18.5 Å². The topological polar surface area (TPSA) is 108 Å². The highest BCUT2D eigenvalue weighted by Gasteiger charge is 2.41. The number of hydrogen-bond acceptors (Lipinski definition) is 6. The van der Waals surface area contributed by atoms with Crippen molar-refractivity contribution in [1.82, 2.24) is 15.1 Å². The van der Waals surface area contributed by atoms with Gasteiger partial charge in [-0.15, -0.1) is 0 Å². The van der Waals surface area contributed by atoms with Crippen LogP contribution < -0.4 is 20.1 Å². The molecule has 0 bridgehead atoms. The van der Waals surface area contributed by atoms with E-state index in [0.717, 1.165) is 0 Å². The molecule has 2 aromatic heterocycles. The second kappa shape index (κ2) is 8.33. The predicted octanol–water partition coefficient (Wildman–Crippen LogP) is 2.81. The van der Waals surface area contributed by atoms with Crippen LogP contribution in [0.5, 0.6) is 11.5 Å². The highest BCUT2D eigenvalue weighted by molar-refractivity contribution is 6.03. The Balaban J connectivity index is 1.81. The number of alkyl halides is 2. The van der Waals surface area contributed by atoms with Crippen molar-refractivity contribution in [3.63, 3.8) is 0 Å². The van der Waals surface area contributed by atoms with Crippen LogP contribution in [0.4, 0.5) is 14.6 Å². The maximum Gasteiger partial charge on any atom is 0.387 e. The van der Waals surface area contributed by atoms with Crippen LogP contribution >= 0.6 is 0 Å². The van der Waals surface area contributed by atoms with E-state index >= 15 is 0 Å². The van der Waals surface area contributed by atoms with Gasteiger partial charge in [-0.2, -0.15) is 13.9 Å². The van der Waals surface area contributed by atoms with Crippen molar-refractivity contribution in [2.24, 2.45) is 7.05 Å². The highest BCUT2D eigenvalue weighted by atomic mass is 19.3. The fraction of sp³-hybridized carbons (Fsp3) is 0.286. The first-order valence-electron chi connectivity index (χ1n) is 9.61. The average molecular weight is 446 g/mol. The summed E-state index contributed by atoms with van der Waals surface area (Å²) in [6.07, 6.45) is 1.35. The number of nitrogens with one attached hydrogen (secondary N) is 2. The number of aryl methyl sites for hydroxylation is 2. The standard InChI is InChI=1S/C21H20F2N4O5/c1-10-15-16(11-6-7-12(32-21(22)23)14(9-11)30-3)17(20(29)25-18(15)27(2)26-10)24-19(28)13-5-4-8-31-13/h4-9,16-17,21H,1-3H3,(H,24,28)(H,25,29)/t16-,17-/m0/s1. The van der Waals surface area contributed by atoms with Gasteiger partial charge in [-0.1, -0.05) is 6.07 Å². The van der Waals surface area contributed by atoms with Crippen LogP contribution in [0.1, 0.15) is 33.3 Å². The van der Waals surface area contributed by atoms with E-state index in [1.54, 1.807) is 26.1 Å². The zero-order chi connectivity index (χ0) is 23.0. The van der Waals surface area contributed by atoms with E-state index in [9.17, 15) is 18.4 Å². The molecule has 1 aliphatic rings. The van der Waals surface area contributed by atoms with Crippen LogP contribution in [-0.4, -0.2) is 41.4 Å². The molecule has 32 heavy (non-hydrogen) atoms. The average Bonchev–Trinajstić information content (AvgIpc) is 3.37. The van der Waals surface area contributed by atoms with E-state index in [0.29, 0.717) is 22.6 Å². The number of anilines is 1. The normalized spacial score (nSPS) is 17.6. The van der Waals surface area contributed by atoms with Gasteiger partial charge in [0.15, 0.2) is 17.3 Å². The first-order chi connectivity index (χ1) is 15.3. The van der Waals surface area contributed by atoms with E-state index in [4.69, 9.17) is 9.15 Å². The minimum atomic E-state index is -3.03. The lowest BCUT2D eigenvalue weighted by Gasteiger charge is -2.32. The summed E-state index contributed by atoms with van der Waals surface area (Å²) in [5, 5.41) is 9.87. The SMILES string of the molecule is COc1cc([C@H]2c3c(C)nn(C)c3NC(=O)[C@H]2NC(=O)c2ccco2)ccc1OC(F)F. The van der Waals surface area contributed by atoms with Crippen molar-refractivity contribution >= 4 is 17.6 Å². The van der Waals surface area contributed by atoms with Gasteiger partial charge in [0.2, 0.25) is 5.91 Å². The maximum atomic E-state index is 13.0. The molecule has 0 unspecified atom stereocenters. The molecule has 9 nitrogen and oxygen atoms in total. The van der Waals surface area contributed by atoms with Crippen molar-refractivity contribution < 1.29 is 32.3 Å². The van der Waals surface area contributed by atoms with Gasteiger partial charge in [-0.3, -0.25) is 14.3 Å². The molecular formula is C21H20F2N4O5. The van der Waals surface area contributed by atoms with Crippen molar-refractivity contribution in [2.75, 3.05) is 12.4 Å². The zero-order valence-electron chi connectivity index (χ0n) is 17.4. The maximum absolute atomic E-state index is 13.0. The van der Waals surface area contributed by atoms with Crippen LogP contribution in [0.3, 0.4) is 0 Å². The number of halogens is 2. The number of methoxy groups -OCH3 is 1. The van der Waals surface area contributed by atoms with Crippen molar-refractivity contribution in [3.05, 3.63) is 59.2 Å². The number of nitrogens with zero attached hydrogens (tertiary/aromatic N) is 2. The molecule has 3 aromatic rings. The van der Waals surface area contributed by atoms with Gasteiger partial charge in [0.05, 0.1) is 19.1 Å². The molecule has 168 valence electrons. The van der Waals surface area contributed by atoms with Gasteiger partial charge in [0.1, 0.15) is 11.9 Å². The van der Waals surface area contributed by atoms with Crippen LogP contribution in [0.2, 0.25) is 0 Å². The third kappa shape index (κ3) is 3.77. The number of rotatable bonds is 6. The number of carbonyl (C=O) groups is 2. The van der Waals surface area contributed by atoms with Crippen LogP contribution in [0.25, 0.3) is 0 Å². The molecule has 3 heterocycles. The van der Waals surface area contributed by atoms with Crippen molar-refractivity contribution in [1.29, 1.82) is 0 Å². The van der Waals surface area contributed by atoms with Gasteiger partial charge < -0.3 is 24.5 Å². The molecule has 0 saturated carbocycles. The Morgan fingerprint density at radius 3 is 2.75 bits per heavy atom. The summed E-state index contributed by atoms with van der Waals surface area (Å²) in [5.74, 6) is -1.27. The van der Waals surface area contributed by atoms with E-state index < -0.39 is 30.4 Å². The number of furan rings is 1. The molecule has 0 radical (unpaired) electrons. The number of fused-ring (bicyclic) bond motifs is 1. The summed E-state index contributed by atoms with van der Waals surface area (Å²) >= 11 is 0. The zero-order valence-corrected chi connectivity index (χ0v) is 17.4. The highest BCUT2D eigenvalue weighted by Crippen LogP contribution is 2.42. The lowest BCUT2D eigenvalue weighted by Crippen LogP contribution is -2.50. The number of ether oxygens (including phenoxy) is 2. The number of amides is 2. The molecular weight excluding hydrogens is 426 g/mol. The van der Waals surface area contributed by atoms with E-state index in [1.165, 1.54) is 36.3 Å². The molecule has 0 fully saturated rings. The number of hydrogen-bond donors (Lipinski definition) is 2. The predicted molar refractivity (Wildman–Crippen MR) is 108 cm³/mol. The number of benzene rings is 1. The summed E-state index contributed by atoms with van der Waals surface area (Å²) in [7, 11) is 3.01. The summed E-state index contributed by atoms with van der Waals surface area (Å²) in [4.78, 5) is 25.7. The lowest BCUT2D eigenvalue weighted by atomic mass is 9.81. The molecule has 0 spiro atoms. The molecule has 1 aliphatic heterocycles. The third-order valence-corrected chi connectivity index (χ3v) is 5.23. The van der Waals surface area contributed by atoms with E-state index in [-0.39, 0.29) is 17.3 Å². The monoisotopic (exact) mass is 446 g/mol. The number of aromatic nitrogens is 2. The molecule has 2 atom stereocenters. The Bertz CT molecular complexity index is 1160. The Morgan fingerprint density at radius 1 is 1.31 bits per heavy atom. The quantitative estimate of drug-likeness (QED) is 0.603. The number of carbonyl (C=O) groups excluding carboxylic acids is 2. The molecule has 0 aliphatic carbocycles. The first-order valence-corrected chi connectivity index (χ1v) is 9.61. The third-order valence-electron chi connectivity index (χ3n) is 5.23. The Kier molecular flexibility index (Phi) is 5.56. The summed E-state index contributed by atoms with van der Waals surface area (Å²) in [5.41, 5.74) is 1.86. The molecule has 1 aromatic carbocycles. The molecule has 2 N–H and O–H groups in total. The smallest absolute Gasteiger partial charge is 0.387 e. The molecule has 0 saturated heterocycles. The van der Waals surface area contributed by atoms with Crippen molar-refractivity contribution in [2.45, 2.75) is 25.5 Å². The lowest BCUT2D eigenvalue weighted by molar-refractivity contribution is -0.118.